The van der Waals surface area contributed by atoms with Crippen LogP contribution in [0, 0.1) is 0 Å². The molecule has 8 nitrogen and oxygen atoms in total. The smallest absolute Gasteiger partial charge is 0.321 e. The number of nitrogens with one attached hydrogen (secondary N) is 4. The van der Waals surface area contributed by atoms with Gasteiger partial charge < -0.3 is 20.3 Å². The summed E-state index contributed by atoms with van der Waals surface area (Å²) in [4.78, 5) is 35.6. The maximum Gasteiger partial charge on any atom is 0.321 e. The van der Waals surface area contributed by atoms with Crippen molar-refractivity contribution >= 4 is 23.5 Å². The number of hydrogen-bond donors (Lipinski definition) is 4. The molecule has 4 amide bonds. The van der Waals surface area contributed by atoms with Crippen LogP contribution in [0.25, 0.3) is 0 Å². The minimum atomic E-state index is -0.572. The van der Waals surface area contributed by atoms with Crippen LogP contribution in [-0.2, 0) is 9.59 Å². The highest BCUT2D eigenvalue weighted by atomic mass is 16.5. The summed E-state index contributed by atoms with van der Waals surface area (Å²) < 4.78 is 5.04. The molecule has 1 aromatic carbocycles. The summed E-state index contributed by atoms with van der Waals surface area (Å²) in [5.74, 6) is 0.0246. The molecule has 0 spiro atoms. The number of amides is 4. The average molecular weight is 323 g/mol. The SMILES string of the molecule is CNC(=O)NC(=O)[C@@H](C)[NH+](C)CC(=O)Nc1ccc(OC)cc1. The summed E-state index contributed by atoms with van der Waals surface area (Å²) in [6, 6.07) is 5.82. The van der Waals surface area contributed by atoms with Crippen LogP contribution >= 0.6 is 0 Å². The lowest BCUT2D eigenvalue weighted by Gasteiger charge is -2.20. The third-order valence-electron chi connectivity index (χ3n) is 3.41. The Morgan fingerprint density at radius 1 is 1.22 bits per heavy atom. The van der Waals surface area contributed by atoms with Gasteiger partial charge in [-0.25, -0.2) is 4.79 Å². The molecule has 0 bridgehead atoms. The molecular weight excluding hydrogens is 300 g/mol. The number of ether oxygens (including phenoxy) is 1. The number of methoxy groups -OCH3 is 1. The standard InChI is InChI=1S/C15H22N4O4/c1-10(14(21)18-15(22)16-2)19(3)9-13(20)17-11-5-7-12(23-4)8-6-11/h5-8,10H,9H2,1-4H3,(H,17,20)(H2,16,18,21,22)/p+1/t10-/m1/s1. The number of carbonyl (C=O) groups excluding carboxylic acids is 3. The zero-order valence-corrected chi connectivity index (χ0v) is 13.7. The van der Waals surface area contributed by atoms with Gasteiger partial charge in [-0.1, -0.05) is 0 Å². The normalized spacial score (nSPS) is 12.7. The highest BCUT2D eigenvalue weighted by Crippen LogP contribution is 2.14. The molecule has 0 aliphatic rings. The van der Waals surface area contributed by atoms with Gasteiger partial charge in [-0.3, -0.25) is 14.9 Å². The largest absolute Gasteiger partial charge is 0.497 e. The number of carbonyl (C=O) groups is 3. The first-order valence-electron chi connectivity index (χ1n) is 7.16. The Labute approximate surface area is 135 Å². The predicted molar refractivity (Wildman–Crippen MR) is 85.4 cm³/mol. The number of hydrogen-bond acceptors (Lipinski definition) is 4. The molecule has 0 aliphatic heterocycles. The van der Waals surface area contributed by atoms with E-state index in [-0.39, 0.29) is 12.5 Å². The molecule has 0 radical (unpaired) electrons. The summed E-state index contributed by atoms with van der Waals surface area (Å²) in [5.41, 5.74) is 0.645. The van der Waals surface area contributed by atoms with Crippen LogP contribution in [0.2, 0.25) is 0 Å². The van der Waals surface area contributed by atoms with Crippen LogP contribution in [0.3, 0.4) is 0 Å². The van der Waals surface area contributed by atoms with E-state index in [1.807, 2.05) is 0 Å². The monoisotopic (exact) mass is 323 g/mol. The number of imide groups is 1. The number of rotatable bonds is 6. The first kappa shape index (κ1) is 18.4. The van der Waals surface area contributed by atoms with Gasteiger partial charge in [-0.15, -0.1) is 0 Å². The number of quaternary nitrogens is 1. The van der Waals surface area contributed by atoms with Gasteiger partial charge in [0.1, 0.15) is 5.75 Å². The van der Waals surface area contributed by atoms with E-state index in [1.165, 1.54) is 7.05 Å². The van der Waals surface area contributed by atoms with E-state index in [4.69, 9.17) is 4.74 Å². The third kappa shape index (κ3) is 5.95. The molecule has 1 aromatic rings. The van der Waals surface area contributed by atoms with Crippen molar-refractivity contribution in [3.8, 4) is 5.75 Å². The van der Waals surface area contributed by atoms with E-state index >= 15 is 0 Å². The Morgan fingerprint density at radius 2 is 1.83 bits per heavy atom. The minimum Gasteiger partial charge on any atom is -0.497 e. The summed E-state index contributed by atoms with van der Waals surface area (Å²) in [6.45, 7) is 1.74. The number of urea groups is 1. The van der Waals surface area contributed by atoms with Gasteiger partial charge in [0.25, 0.3) is 11.8 Å². The summed E-state index contributed by atoms with van der Waals surface area (Å²) >= 11 is 0. The molecule has 8 heteroatoms. The lowest BCUT2D eigenvalue weighted by Crippen LogP contribution is -3.15. The molecule has 0 fully saturated rings. The van der Waals surface area contributed by atoms with E-state index in [0.717, 1.165) is 0 Å². The lowest BCUT2D eigenvalue weighted by molar-refractivity contribution is -0.885. The number of likely N-dealkylation sites (N-methyl/N-ethyl adjacent to an activating group) is 1. The molecule has 4 N–H and O–H groups in total. The summed E-state index contributed by atoms with van der Waals surface area (Å²) in [5, 5.41) is 7.24. The minimum absolute atomic E-state index is 0.0916. The van der Waals surface area contributed by atoms with Crippen molar-refractivity contribution in [1.29, 1.82) is 0 Å². The van der Waals surface area contributed by atoms with Gasteiger partial charge in [-0.05, 0) is 31.2 Å². The summed E-state index contributed by atoms with van der Waals surface area (Å²) in [6.07, 6.45) is 0. The fourth-order valence-corrected chi connectivity index (χ4v) is 1.79. The van der Waals surface area contributed by atoms with Crippen molar-refractivity contribution < 1.29 is 24.0 Å². The first-order chi connectivity index (χ1) is 10.9. The van der Waals surface area contributed by atoms with Crippen molar-refractivity contribution in [1.82, 2.24) is 10.6 Å². The van der Waals surface area contributed by atoms with Crippen LogP contribution in [0.4, 0.5) is 10.5 Å². The van der Waals surface area contributed by atoms with E-state index < -0.39 is 18.0 Å². The van der Waals surface area contributed by atoms with Gasteiger partial charge in [0.15, 0.2) is 12.6 Å². The van der Waals surface area contributed by atoms with E-state index in [1.54, 1.807) is 45.3 Å². The van der Waals surface area contributed by atoms with Gasteiger partial charge >= 0.3 is 6.03 Å². The second-order valence-electron chi connectivity index (χ2n) is 5.09. The maximum atomic E-state index is 12.0. The molecule has 1 unspecified atom stereocenters. The number of anilines is 1. The summed E-state index contributed by atoms with van der Waals surface area (Å²) in [7, 11) is 4.70. The molecule has 0 heterocycles. The molecule has 0 aliphatic carbocycles. The molecule has 2 atom stereocenters. The fraction of sp³-hybridized carbons (Fsp3) is 0.400. The number of benzene rings is 1. The van der Waals surface area contributed by atoms with E-state index in [0.29, 0.717) is 16.3 Å². The third-order valence-corrected chi connectivity index (χ3v) is 3.41. The van der Waals surface area contributed by atoms with E-state index in [9.17, 15) is 14.4 Å². The Balaban J connectivity index is 2.51. The zero-order valence-electron chi connectivity index (χ0n) is 13.7. The Hall–Kier alpha value is -2.61. The van der Waals surface area contributed by atoms with Crippen LogP contribution < -0.4 is 25.6 Å². The highest BCUT2D eigenvalue weighted by molar-refractivity contribution is 5.96. The zero-order chi connectivity index (χ0) is 17.4. The molecule has 23 heavy (non-hydrogen) atoms. The highest BCUT2D eigenvalue weighted by Gasteiger charge is 2.25. The van der Waals surface area contributed by atoms with Gasteiger partial charge in [0, 0.05) is 12.7 Å². The molecule has 0 aromatic heterocycles. The Bertz CT molecular complexity index is 559. The second kappa shape index (κ2) is 8.74. The molecule has 0 saturated heterocycles. The van der Waals surface area contributed by atoms with Crippen molar-refractivity contribution in [2.24, 2.45) is 0 Å². The predicted octanol–water partition coefficient (Wildman–Crippen LogP) is -1.01. The van der Waals surface area contributed by atoms with Crippen molar-refractivity contribution in [3.05, 3.63) is 24.3 Å². The van der Waals surface area contributed by atoms with Crippen LogP contribution in [0.5, 0.6) is 5.75 Å². The average Bonchev–Trinajstić information content (AvgIpc) is 2.54. The topological polar surface area (TPSA) is 101 Å². The molecule has 126 valence electrons. The van der Waals surface area contributed by atoms with Gasteiger partial charge in [-0.2, -0.15) is 0 Å². The van der Waals surface area contributed by atoms with Gasteiger partial charge in [0.05, 0.1) is 14.2 Å². The lowest BCUT2D eigenvalue weighted by atomic mass is 10.2. The maximum absolute atomic E-state index is 12.0. The molecular formula is C15H23N4O4+. The van der Waals surface area contributed by atoms with Crippen molar-refractivity contribution in [2.75, 3.05) is 33.1 Å². The molecule has 1 rings (SSSR count). The van der Waals surface area contributed by atoms with E-state index in [2.05, 4.69) is 16.0 Å². The first-order valence-corrected chi connectivity index (χ1v) is 7.16. The van der Waals surface area contributed by atoms with Crippen LogP contribution in [0.15, 0.2) is 24.3 Å². The van der Waals surface area contributed by atoms with Crippen LogP contribution in [-0.4, -0.2) is 51.6 Å². The molecule has 0 saturated carbocycles. The Morgan fingerprint density at radius 3 is 2.35 bits per heavy atom. The quantitative estimate of drug-likeness (QED) is 0.539. The van der Waals surface area contributed by atoms with Crippen molar-refractivity contribution in [3.63, 3.8) is 0 Å². The second-order valence-corrected chi connectivity index (χ2v) is 5.09. The Kier molecular flexibility index (Phi) is 7.01. The van der Waals surface area contributed by atoms with Crippen molar-refractivity contribution in [2.45, 2.75) is 13.0 Å². The fourth-order valence-electron chi connectivity index (χ4n) is 1.79. The van der Waals surface area contributed by atoms with Gasteiger partial charge in [0.2, 0.25) is 0 Å². The van der Waals surface area contributed by atoms with Crippen LogP contribution in [0.1, 0.15) is 6.92 Å².